The molecule has 1 N–H and O–H groups in total. The minimum atomic E-state index is -0.763. The van der Waals surface area contributed by atoms with Crippen molar-refractivity contribution in [3.05, 3.63) is 57.8 Å². The number of ether oxygens (including phenoxy) is 2. The number of carbonyl (C=O) groups is 2. The first-order valence-electron chi connectivity index (χ1n) is 8.35. The summed E-state index contributed by atoms with van der Waals surface area (Å²) in [6.07, 6.45) is 0.0531. The second-order valence-electron chi connectivity index (χ2n) is 6.31. The Bertz CT molecular complexity index is 1200. The van der Waals surface area contributed by atoms with Gasteiger partial charge in [0.05, 0.1) is 19.6 Å². The van der Waals surface area contributed by atoms with Crippen LogP contribution in [0.1, 0.15) is 22.8 Å². The number of ketones is 1. The van der Waals surface area contributed by atoms with Gasteiger partial charge in [-0.15, -0.1) is 0 Å². The fourth-order valence-corrected chi connectivity index (χ4v) is 2.92. The smallest absolute Gasteiger partial charge is 0.341 e. The van der Waals surface area contributed by atoms with Crippen molar-refractivity contribution in [1.29, 1.82) is 0 Å². The molecule has 0 saturated carbocycles. The molecule has 144 valence electrons. The van der Waals surface area contributed by atoms with Gasteiger partial charge >= 0.3 is 5.97 Å². The number of carbonyl (C=O) groups excluding carboxylic acids is 2. The Morgan fingerprint density at radius 1 is 1.21 bits per heavy atom. The summed E-state index contributed by atoms with van der Waals surface area (Å²) < 4.78 is 15.7. The van der Waals surface area contributed by atoms with E-state index in [2.05, 4.69) is 11.3 Å². The van der Waals surface area contributed by atoms with Gasteiger partial charge in [0.25, 0.3) is 0 Å². The molecule has 7 heteroatoms. The SMILES string of the molecule is C=C(C)C(=O)Cc1cc(OC)c2c(=O)c3ccc(C(=O)OC)c(O)c3oc2c1. The van der Waals surface area contributed by atoms with E-state index in [-0.39, 0.29) is 45.5 Å². The molecule has 3 rings (SSSR count). The van der Waals surface area contributed by atoms with Crippen LogP contribution in [0, 0.1) is 0 Å². The van der Waals surface area contributed by atoms with Gasteiger partial charge < -0.3 is 19.0 Å². The number of rotatable bonds is 5. The third-order valence-electron chi connectivity index (χ3n) is 4.41. The molecule has 0 unspecified atom stereocenters. The van der Waals surface area contributed by atoms with Gasteiger partial charge in [-0.3, -0.25) is 9.59 Å². The zero-order chi connectivity index (χ0) is 20.6. The maximum Gasteiger partial charge on any atom is 0.341 e. The molecular weight excluding hydrogens is 364 g/mol. The van der Waals surface area contributed by atoms with Crippen LogP contribution in [0.5, 0.6) is 11.5 Å². The zero-order valence-electron chi connectivity index (χ0n) is 15.6. The molecule has 3 aromatic rings. The number of phenols is 1. The van der Waals surface area contributed by atoms with E-state index >= 15 is 0 Å². The first-order chi connectivity index (χ1) is 13.3. The van der Waals surface area contributed by atoms with Gasteiger partial charge in [-0.05, 0) is 42.3 Å². The van der Waals surface area contributed by atoms with E-state index in [9.17, 15) is 19.5 Å². The summed E-state index contributed by atoms with van der Waals surface area (Å²) in [5, 5.41) is 10.7. The molecule has 0 amide bonds. The summed E-state index contributed by atoms with van der Waals surface area (Å²) in [6, 6.07) is 5.79. The lowest BCUT2D eigenvalue weighted by Crippen LogP contribution is -2.08. The Balaban J connectivity index is 2.34. The molecule has 7 nitrogen and oxygen atoms in total. The van der Waals surface area contributed by atoms with Crippen molar-refractivity contribution in [2.45, 2.75) is 13.3 Å². The lowest BCUT2D eigenvalue weighted by Gasteiger charge is -2.11. The highest BCUT2D eigenvalue weighted by molar-refractivity contribution is 6.02. The van der Waals surface area contributed by atoms with E-state index in [0.29, 0.717) is 11.1 Å². The Kier molecular flexibility index (Phi) is 4.92. The summed E-state index contributed by atoms with van der Waals surface area (Å²) in [5.41, 5.74) is 0.378. The zero-order valence-corrected chi connectivity index (χ0v) is 15.6. The number of aromatic hydroxyl groups is 1. The summed E-state index contributed by atoms with van der Waals surface area (Å²) >= 11 is 0. The number of fused-ring (bicyclic) bond motifs is 2. The van der Waals surface area contributed by atoms with Crippen molar-refractivity contribution in [1.82, 2.24) is 0 Å². The molecular formula is C21H18O7. The number of esters is 1. The number of Topliss-reactive ketones (excluding diaryl/α,β-unsaturated/α-hetero) is 1. The van der Waals surface area contributed by atoms with Crippen molar-refractivity contribution < 1.29 is 28.6 Å². The Hall–Kier alpha value is -3.61. The lowest BCUT2D eigenvalue weighted by atomic mass is 10.0. The van der Waals surface area contributed by atoms with Gasteiger partial charge in [0.15, 0.2) is 17.1 Å². The van der Waals surface area contributed by atoms with Crippen LogP contribution >= 0.6 is 0 Å². The first kappa shape index (κ1) is 19.2. The van der Waals surface area contributed by atoms with E-state index in [4.69, 9.17) is 9.15 Å². The fourth-order valence-electron chi connectivity index (χ4n) is 2.92. The number of methoxy groups -OCH3 is 2. The van der Waals surface area contributed by atoms with Crippen molar-refractivity contribution in [3.8, 4) is 11.5 Å². The van der Waals surface area contributed by atoms with Crippen molar-refractivity contribution >= 4 is 33.7 Å². The molecule has 0 spiro atoms. The van der Waals surface area contributed by atoms with Gasteiger partial charge in [0.2, 0.25) is 5.43 Å². The highest BCUT2D eigenvalue weighted by Gasteiger charge is 2.21. The first-order valence-corrected chi connectivity index (χ1v) is 8.35. The van der Waals surface area contributed by atoms with E-state index < -0.39 is 17.1 Å². The van der Waals surface area contributed by atoms with Crippen LogP contribution in [-0.2, 0) is 16.0 Å². The normalized spacial score (nSPS) is 10.8. The number of hydrogen-bond donors (Lipinski definition) is 1. The molecule has 0 bridgehead atoms. The molecule has 0 atom stereocenters. The van der Waals surface area contributed by atoms with Crippen LogP contribution in [0.25, 0.3) is 21.9 Å². The van der Waals surface area contributed by atoms with Crippen LogP contribution in [0.4, 0.5) is 0 Å². The molecule has 1 heterocycles. The number of phenolic OH excluding ortho intramolecular Hbond substituents is 1. The van der Waals surface area contributed by atoms with Crippen LogP contribution in [-0.4, -0.2) is 31.1 Å². The lowest BCUT2D eigenvalue weighted by molar-refractivity contribution is -0.114. The maximum atomic E-state index is 13.0. The van der Waals surface area contributed by atoms with Crippen molar-refractivity contribution in [2.24, 2.45) is 0 Å². The summed E-state index contributed by atoms with van der Waals surface area (Å²) in [4.78, 5) is 36.8. The number of hydrogen-bond acceptors (Lipinski definition) is 7. The molecule has 0 radical (unpaired) electrons. The predicted molar refractivity (Wildman–Crippen MR) is 103 cm³/mol. The van der Waals surface area contributed by atoms with Crippen LogP contribution in [0.3, 0.4) is 0 Å². The van der Waals surface area contributed by atoms with Crippen LogP contribution in [0.15, 0.2) is 45.6 Å². The minimum Gasteiger partial charge on any atom is -0.504 e. The Morgan fingerprint density at radius 3 is 2.54 bits per heavy atom. The second kappa shape index (κ2) is 7.19. The number of allylic oxidation sites excluding steroid dienone is 1. The molecule has 0 saturated heterocycles. The van der Waals surface area contributed by atoms with Crippen molar-refractivity contribution in [3.63, 3.8) is 0 Å². The standard InChI is InChI=1S/C21H18O7/c1-10(2)14(22)7-11-8-15(26-3)17-16(9-11)28-20-12(18(17)23)5-6-13(19(20)24)21(25)27-4/h5-6,8-9,24H,1,7H2,2-4H3. The second-order valence-corrected chi connectivity index (χ2v) is 6.31. The van der Waals surface area contributed by atoms with E-state index in [1.165, 1.54) is 32.4 Å². The molecule has 28 heavy (non-hydrogen) atoms. The highest BCUT2D eigenvalue weighted by atomic mass is 16.5. The summed E-state index contributed by atoms with van der Waals surface area (Å²) in [6.45, 7) is 5.24. The average Bonchev–Trinajstić information content (AvgIpc) is 2.67. The predicted octanol–water partition coefficient (Wildman–Crippen LogP) is 3.13. The third-order valence-corrected chi connectivity index (χ3v) is 4.41. The maximum absolute atomic E-state index is 13.0. The summed E-state index contributed by atoms with van der Waals surface area (Å²) in [5.74, 6) is -1.18. The molecule has 2 aromatic carbocycles. The van der Waals surface area contributed by atoms with Crippen molar-refractivity contribution in [2.75, 3.05) is 14.2 Å². The van der Waals surface area contributed by atoms with Gasteiger partial charge in [-0.25, -0.2) is 4.79 Å². The van der Waals surface area contributed by atoms with Gasteiger partial charge in [0, 0.05) is 6.42 Å². The van der Waals surface area contributed by atoms with E-state index in [1.807, 2.05) is 0 Å². The Morgan fingerprint density at radius 2 is 1.93 bits per heavy atom. The number of benzene rings is 2. The Labute approximate surface area is 159 Å². The molecule has 0 aliphatic rings. The average molecular weight is 382 g/mol. The largest absolute Gasteiger partial charge is 0.504 e. The summed E-state index contributed by atoms with van der Waals surface area (Å²) in [7, 11) is 2.58. The molecule has 0 aliphatic carbocycles. The van der Waals surface area contributed by atoms with Crippen LogP contribution < -0.4 is 10.2 Å². The van der Waals surface area contributed by atoms with Crippen LogP contribution in [0.2, 0.25) is 0 Å². The third kappa shape index (κ3) is 3.11. The quantitative estimate of drug-likeness (QED) is 0.411. The molecule has 1 aromatic heterocycles. The van der Waals surface area contributed by atoms with E-state index in [1.54, 1.807) is 13.0 Å². The van der Waals surface area contributed by atoms with Gasteiger partial charge in [-0.1, -0.05) is 6.58 Å². The topological polar surface area (TPSA) is 103 Å². The minimum absolute atomic E-state index is 0.0531. The molecule has 0 aliphatic heterocycles. The molecule has 0 fully saturated rings. The monoisotopic (exact) mass is 382 g/mol. The highest BCUT2D eigenvalue weighted by Crippen LogP contribution is 2.33. The van der Waals surface area contributed by atoms with Gasteiger partial charge in [-0.2, -0.15) is 0 Å². The van der Waals surface area contributed by atoms with E-state index in [0.717, 1.165) is 0 Å². The fraction of sp³-hybridized carbons (Fsp3) is 0.190. The van der Waals surface area contributed by atoms with Gasteiger partial charge in [0.1, 0.15) is 22.3 Å².